The van der Waals surface area contributed by atoms with Crippen molar-refractivity contribution in [1.29, 1.82) is 0 Å². The second-order valence-electron chi connectivity index (χ2n) is 6.48. The molecule has 0 bridgehead atoms. The fourth-order valence-corrected chi connectivity index (χ4v) is 3.28. The van der Waals surface area contributed by atoms with Gasteiger partial charge in [-0.15, -0.1) is 6.42 Å². The SMILES string of the molecule is C#CCN(CC(=O)Nc1cc(S(N)(=O)=O)cc(C)c1C)Cc1ccc(F)cc1. The third-order valence-corrected chi connectivity index (χ3v) is 5.14. The van der Waals surface area contributed by atoms with Crippen molar-refractivity contribution in [2.45, 2.75) is 25.3 Å². The molecule has 2 aromatic rings. The van der Waals surface area contributed by atoms with Gasteiger partial charge in [0.25, 0.3) is 0 Å². The third kappa shape index (κ3) is 5.89. The zero-order chi connectivity index (χ0) is 20.9. The Morgan fingerprint density at radius 1 is 1.25 bits per heavy atom. The normalized spacial score (nSPS) is 11.3. The van der Waals surface area contributed by atoms with Gasteiger partial charge in [0, 0.05) is 12.2 Å². The predicted octanol–water partition coefficient (Wildman–Crippen LogP) is 2.16. The van der Waals surface area contributed by atoms with Crippen LogP contribution in [0.1, 0.15) is 16.7 Å². The van der Waals surface area contributed by atoms with Crippen LogP contribution >= 0.6 is 0 Å². The first-order chi connectivity index (χ1) is 13.1. The molecule has 0 atom stereocenters. The number of nitrogens with two attached hydrogens (primary N) is 1. The molecule has 1 amide bonds. The van der Waals surface area contributed by atoms with Crippen LogP contribution in [-0.4, -0.2) is 32.3 Å². The Bertz CT molecular complexity index is 1010. The molecule has 0 saturated heterocycles. The summed E-state index contributed by atoms with van der Waals surface area (Å²) in [4.78, 5) is 14.1. The number of rotatable bonds is 7. The minimum atomic E-state index is -3.90. The highest BCUT2D eigenvalue weighted by Crippen LogP contribution is 2.23. The van der Waals surface area contributed by atoms with Gasteiger partial charge in [-0.2, -0.15) is 0 Å². The molecule has 0 spiro atoms. The van der Waals surface area contributed by atoms with E-state index in [0.717, 1.165) is 11.1 Å². The smallest absolute Gasteiger partial charge is 0.238 e. The molecule has 148 valence electrons. The topological polar surface area (TPSA) is 92.5 Å². The van der Waals surface area contributed by atoms with Gasteiger partial charge in [0.05, 0.1) is 18.0 Å². The van der Waals surface area contributed by atoms with Crippen LogP contribution in [0.15, 0.2) is 41.3 Å². The van der Waals surface area contributed by atoms with Gasteiger partial charge in [0.15, 0.2) is 0 Å². The highest BCUT2D eigenvalue weighted by atomic mass is 32.2. The maximum Gasteiger partial charge on any atom is 0.238 e. The molecule has 0 radical (unpaired) electrons. The van der Waals surface area contributed by atoms with Crippen molar-refractivity contribution in [2.24, 2.45) is 5.14 Å². The second-order valence-corrected chi connectivity index (χ2v) is 8.04. The fraction of sp³-hybridized carbons (Fsp3) is 0.250. The van der Waals surface area contributed by atoms with Gasteiger partial charge < -0.3 is 5.32 Å². The van der Waals surface area contributed by atoms with E-state index in [1.54, 1.807) is 30.9 Å². The van der Waals surface area contributed by atoms with E-state index >= 15 is 0 Å². The Balaban J connectivity index is 2.15. The zero-order valence-electron chi connectivity index (χ0n) is 15.7. The number of amides is 1. The molecule has 28 heavy (non-hydrogen) atoms. The monoisotopic (exact) mass is 403 g/mol. The van der Waals surface area contributed by atoms with Gasteiger partial charge in [-0.1, -0.05) is 18.1 Å². The Morgan fingerprint density at radius 3 is 2.46 bits per heavy atom. The summed E-state index contributed by atoms with van der Waals surface area (Å²) in [5.41, 5.74) is 2.61. The van der Waals surface area contributed by atoms with Gasteiger partial charge >= 0.3 is 0 Å². The van der Waals surface area contributed by atoms with E-state index in [2.05, 4.69) is 11.2 Å². The summed E-state index contributed by atoms with van der Waals surface area (Å²) in [6, 6.07) is 8.73. The third-order valence-electron chi connectivity index (χ3n) is 4.25. The van der Waals surface area contributed by atoms with Crippen LogP contribution in [0, 0.1) is 32.0 Å². The van der Waals surface area contributed by atoms with Gasteiger partial charge in [-0.05, 0) is 54.8 Å². The summed E-state index contributed by atoms with van der Waals surface area (Å²) in [6.45, 7) is 4.08. The highest BCUT2D eigenvalue weighted by Gasteiger charge is 2.16. The number of nitrogens with one attached hydrogen (secondary N) is 1. The number of nitrogens with zero attached hydrogens (tertiary/aromatic N) is 1. The van der Waals surface area contributed by atoms with E-state index in [9.17, 15) is 17.6 Å². The van der Waals surface area contributed by atoms with E-state index < -0.39 is 10.0 Å². The molecule has 0 unspecified atom stereocenters. The van der Waals surface area contributed by atoms with Crippen molar-refractivity contribution in [3.8, 4) is 12.3 Å². The number of aryl methyl sites for hydroxylation is 1. The fourth-order valence-electron chi connectivity index (χ4n) is 2.66. The molecular weight excluding hydrogens is 381 g/mol. The van der Waals surface area contributed by atoms with E-state index in [1.165, 1.54) is 24.3 Å². The summed E-state index contributed by atoms with van der Waals surface area (Å²) in [5, 5.41) is 7.91. The van der Waals surface area contributed by atoms with Crippen LogP contribution in [0.25, 0.3) is 0 Å². The molecule has 6 nitrogen and oxygen atoms in total. The lowest BCUT2D eigenvalue weighted by Gasteiger charge is -2.20. The quantitative estimate of drug-likeness (QED) is 0.693. The first kappa shape index (κ1) is 21.6. The van der Waals surface area contributed by atoms with E-state index in [1.807, 2.05) is 0 Å². The number of anilines is 1. The summed E-state index contributed by atoms with van der Waals surface area (Å²) in [7, 11) is -3.90. The van der Waals surface area contributed by atoms with Crippen LogP contribution in [0.2, 0.25) is 0 Å². The molecule has 8 heteroatoms. The molecule has 3 N–H and O–H groups in total. The van der Waals surface area contributed by atoms with Crippen LogP contribution in [-0.2, 0) is 21.4 Å². The minimum absolute atomic E-state index is 0.0142. The van der Waals surface area contributed by atoms with E-state index in [4.69, 9.17) is 11.6 Å². The van der Waals surface area contributed by atoms with Gasteiger partial charge in [-0.3, -0.25) is 9.69 Å². The molecule has 0 aliphatic rings. The number of benzene rings is 2. The van der Waals surface area contributed by atoms with Crippen LogP contribution in [0.5, 0.6) is 0 Å². The van der Waals surface area contributed by atoms with Crippen molar-refractivity contribution in [2.75, 3.05) is 18.4 Å². The van der Waals surface area contributed by atoms with Crippen molar-refractivity contribution in [1.82, 2.24) is 4.90 Å². The molecule has 0 aromatic heterocycles. The van der Waals surface area contributed by atoms with Crippen molar-refractivity contribution >= 4 is 21.6 Å². The number of halogens is 1. The second kappa shape index (κ2) is 8.97. The first-order valence-electron chi connectivity index (χ1n) is 8.44. The van der Waals surface area contributed by atoms with Crippen molar-refractivity contribution in [3.63, 3.8) is 0 Å². The van der Waals surface area contributed by atoms with E-state index in [0.29, 0.717) is 17.8 Å². The Morgan fingerprint density at radius 2 is 1.89 bits per heavy atom. The number of primary sulfonamides is 1. The summed E-state index contributed by atoms with van der Waals surface area (Å²) >= 11 is 0. The molecule has 2 aromatic carbocycles. The minimum Gasteiger partial charge on any atom is -0.325 e. The Kier molecular flexibility index (Phi) is 6.91. The standard InChI is InChI=1S/C20H22FN3O3S/c1-4-9-24(12-16-5-7-17(21)8-6-16)13-20(25)23-19-11-18(28(22,26)27)10-14(2)15(19)3/h1,5-8,10-11H,9,12-13H2,2-3H3,(H,23,25)(H2,22,26,27). The van der Waals surface area contributed by atoms with Gasteiger partial charge in [0.1, 0.15) is 5.82 Å². The average molecular weight is 403 g/mol. The molecular formula is C20H22FN3O3S. The maximum absolute atomic E-state index is 13.0. The lowest BCUT2D eigenvalue weighted by molar-refractivity contribution is -0.117. The summed E-state index contributed by atoms with van der Waals surface area (Å²) < 4.78 is 36.3. The Hall–Kier alpha value is -2.73. The number of hydrogen-bond acceptors (Lipinski definition) is 4. The molecule has 2 rings (SSSR count). The van der Waals surface area contributed by atoms with Crippen LogP contribution in [0.4, 0.5) is 10.1 Å². The maximum atomic E-state index is 13.0. The number of carbonyl (C=O) groups excluding carboxylic acids is 1. The molecule has 0 aliphatic carbocycles. The van der Waals surface area contributed by atoms with Crippen molar-refractivity contribution < 1.29 is 17.6 Å². The zero-order valence-corrected chi connectivity index (χ0v) is 16.5. The van der Waals surface area contributed by atoms with Crippen LogP contribution in [0.3, 0.4) is 0 Å². The van der Waals surface area contributed by atoms with Crippen molar-refractivity contribution in [3.05, 3.63) is 58.9 Å². The lowest BCUT2D eigenvalue weighted by atomic mass is 10.1. The van der Waals surface area contributed by atoms with Gasteiger partial charge in [0.2, 0.25) is 15.9 Å². The number of carbonyl (C=O) groups is 1. The van der Waals surface area contributed by atoms with Crippen LogP contribution < -0.4 is 10.5 Å². The van der Waals surface area contributed by atoms with Gasteiger partial charge in [-0.25, -0.2) is 17.9 Å². The lowest BCUT2D eigenvalue weighted by Crippen LogP contribution is -2.33. The average Bonchev–Trinajstić information content (AvgIpc) is 2.60. The molecule has 0 fully saturated rings. The number of terminal acetylenes is 1. The molecule has 0 heterocycles. The summed E-state index contributed by atoms with van der Waals surface area (Å²) in [5.74, 6) is 1.80. The Labute approximate surface area is 164 Å². The number of sulfonamides is 1. The summed E-state index contributed by atoms with van der Waals surface area (Å²) in [6.07, 6.45) is 5.38. The van der Waals surface area contributed by atoms with E-state index in [-0.39, 0.29) is 29.7 Å². The molecule has 0 aliphatic heterocycles. The predicted molar refractivity (Wildman–Crippen MR) is 106 cm³/mol. The molecule has 0 saturated carbocycles. The highest BCUT2D eigenvalue weighted by molar-refractivity contribution is 7.89. The largest absolute Gasteiger partial charge is 0.325 e. The first-order valence-corrected chi connectivity index (χ1v) is 9.99. The number of hydrogen-bond donors (Lipinski definition) is 2.